The van der Waals surface area contributed by atoms with Crippen LogP contribution in [0.15, 0.2) is 29.8 Å². The molecule has 1 radical (unpaired) electrons. The Morgan fingerprint density at radius 3 is 2.37 bits per heavy atom. The summed E-state index contributed by atoms with van der Waals surface area (Å²) in [6, 6.07) is 9.06. The van der Waals surface area contributed by atoms with Gasteiger partial charge in [0.15, 0.2) is 0 Å². The maximum absolute atomic E-state index is 3.90. The molecule has 0 atom stereocenters. The summed E-state index contributed by atoms with van der Waals surface area (Å²) in [4.78, 5) is 0. The van der Waals surface area contributed by atoms with Crippen LogP contribution in [0.3, 0.4) is 0 Å². The predicted octanol–water partition coefficient (Wildman–Crippen LogP) is 6.22. The molecule has 105 valence electrons. The van der Waals surface area contributed by atoms with E-state index in [2.05, 4.69) is 51.1 Å². The van der Waals surface area contributed by atoms with Gasteiger partial charge in [0.05, 0.1) is 0 Å². The van der Waals surface area contributed by atoms with Gasteiger partial charge in [0.1, 0.15) is 0 Å². The van der Waals surface area contributed by atoms with E-state index in [-0.39, 0.29) is 0 Å². The molecule has 0 aromatic heterocycles. The molecule has 0 unspecified atom stereocenters. The van der Waals surface area contributed by atoms with Crippen LogP contribution in [0, 0.1) is 6.92 Å². The van der Waals surface area contributed by atoms with Gasteiger partial charge in [0.25, 0.3) is 0 Å². The van der Waals surface area contributed by atoms with Gasteiger partial charge in [-0.2, -0.15) is 0 Å². The van der Waals surface area contributed by atoms with Crippen molar-refractivity contribution >= 4 is 6.08 Å². The first kappa shape index (κ1) is 16.0. The summed E-state index contributed by atoms with van der Waals surface area (Å²) < 4.78 is 0. The minimum absolute atomic E-state index is 1.07. The van der Waals surface area contributed by atoms with Crippen LogP contribution in [0.25, 0.3) is 6.08 Å². The molecule has 0 heterocycles. The summed E-state index contributed by atoms with van der Waals surface area (Å²) in [5, 5.41) is 0. The van der Waals surface area contributed by atoms with Gasteiger partial charge in [0, 0.05) is 0 Å². The van der Waals surface area contributed by atoms with Gasteiger partial charge in [-0.3, -0.25) is 0 Å². The van der Waals surface area contributed by atoms with Gasteiger partial charge in [0.2, 0.25) is 0 Å². The summed E-state index contributed by atoms with van der Waals surface area (Å²) in [5.74, 6) is 0. The highest BCUT2D eigenvalue weighted by molar-refractivity contribution is 5.53. The van der Waals surface area contributed by atoms with E-state index in [0.29, 0.717) is 0 Å². The number of hydrogen-bond donors (Lipinski definition) is 0. The largest absolute Gasteiger partial charge is 0.0699 e. The molecule has 0 heteroatoms. The molecule has 19 heavy (non-hydrogen) atoms. The maximum atomic E-state index is 3.90. The lowest BCUT2D eigenvalue weighted by molar-refractivity contribution is 0.676. The number of hydrogen-bond acceptors (Lipinski definition) is 0. The molecule has 0 spiro atoms. The SMILES string of the molecule is [CH2]CCCCCC(=Cc1ccc(CCC)cc1)CC. The molecule has 0 N–H and O–H groups in total. The van der Waals surface area contributed by atoms with Crippen LogP contribution < -0.4 is 0 Å². The van der Waals surface area contributed by atoms with E-state index < -0.39 is 0 Å². The average Bonchev–Trinajstić information content (AvgIpc) is 2.44. The molecule has 0 aliphatic rings. The summed E-state index contributed by atoms with van der Waals surface area (Å²) in [7, 11) is 0. The topological polar surface area (TPSA) is 0 Å². The summed E-state index contributed by atoms with van der Waals surface area (Å²) in [6.07, 6.45) is 12.2. The van der Waals surface area contributed by atoms with Crippen molar-refractivity contribution in [2.45, 2.75) is 65.2 Å². The van der Waals surface area contributed by atoms with Crippen LogP contribution in [-0.4, -0.2) is 0 Å². The minimum Gasteiger partial charge on any atom is -0.0699 e. The van der Waals surface area contributed by atoms with Gasteiger partial charge < -0.3 is 0 Å². The Labute approximate surface area is 119 Å². The molecule has 0 saturated heterocycles. The fraction of sp³-hybridized carbons (Fsp3) is 0.526. The second-order valence-corrected chi connectivity index (χ2v) is 5.31. The van der Waals surface area contributed by atoms with Crippen molar-refractivity contribution in [3.8, 4) is 0 Å². The molecule has 0 nitrogen and oxygen atoms in total. The number of aryl methyl sites for hydroxylation is 1. The first-order chi connectivity index (χ1) is 9.30. The van der Waals surface area contributed by atoms with E-state index in [1.165, 1.54) is 56.1 Å². The van der Waals surface area contributed by atoms with Crippen molar-refractivity contribution < 1.29 is 0 Å². The Balaban J connectivity index is 2.53. The average molecular weight is 257 g/mol. The van der Waals surface area contributed by atoms with E-state index in [1.807, 2.05) is 0 Å². The van der Waals surface area contributed by atoms with Crippen molar-refractivity contribution in [1.29, 1.82) is 0 Å². The predicted molar refractivity (Wildman–Crippen MR) is 87.1 cm³/mol. The van der Waals surface area contributed by atoms with Crippen molar-refractivity contribution in [2.24, 2.45) is 0 Å². The van der Waals surface area contributed by atoms with Gasteiger partial charge >= 0.3 is 0 Å². The highest BCUT2D eigenvalue weighted by atomic mass is 14.0. The highest BCUT2D eigenvalue weighted by Crippen LogP contribution is 2.17. The third-order valence-corrected chi connectivity index (χ3v) is 3.59. The summed E-state index contributed by atoms with van der Waals surface area (Å²) >= 11 is 0. The molecule has 0 bridgehead atoms. The lowest BCUT2D eigenvalue weighted by Crippen LogP contribution is -1.86. The lowest BCUT2D eigenvalue weighted by atomic mass is 10.0. The Morgan fingerprint density at radius 1 is 1.05 bits per heavy atom. The van der Waals surface area contributed by atoms with E-state index in [4.69, 9.17) is 0 Å². The number of allylic oxidation sites excluding steroid dienone is 1. The Morgan fingerprint density at radius 2 is 1.79 bits per heavy atom. The second kappa shape index (κ2) is 9.83. The Bertz CT molecular complexity index is 356. The van der Waals surface area contributed by atoms with E-state index in [1.54, 1.807) is 5.57 Å². The molecule has 0 amide bonds. The second-order valence-electron chi connectivity index (χ2n) is 5.31. The molecule has 0 saturated carbocycles. The van der Waals surface area contributed by atoms with Crippen molar-refractivity contribution in [1.82, 2.24) is 0 Å². The zero-order valence-corrected chi connectivity index (χ0v) is 12.8. The molecule has 0 aliphatic heterocycles. The molecular weight excluding hydrogens is 228 g/mol. The standard InChI is InChI=1S/C19H29/c1-4-7-8-9-11-17(6-3)16-19-14-12-18(10-5-2)13-15-19/h12-16H,1,4-11H2,2-3H3. The summed E-state index contributed by atoms with van der Waals surface area (Å²) in [5.41, 5.74) is 4.38. The van der Waals surface area contributed by atoms with Gasteiger partial charge in [-0.25, -0.2) is 0 Å². The van der Waals surface area contributed by atoms with E-state index in [0.717, 1.165) is 6.42 Å². The van der Waals surface area contributed by atoms with Crippen LogP contribution in [0.5, 0.6) is 0 Å². The van der Waals surface area contributed by atoms with Crippen LogP contribution >= 0.6 is 0 Å². The normalized spacial score (nSPS) is 11.8. The van der Waals surface area contributed by atoms with Crippen molar-refractivity contribution in [3.63, 3.8) is 0 Å². The molecule has 1 aromatic rings. The Kier molecular flexibility index (Phi) is 8.29. The van der Waals surface area contributed by atoms with Crippen molar-refractivity contribution in [2.75, 3.05) is 0 Å². The van der Waals surface area contributed by atoms with E-state index in [9.17, 15) is 0 Å². The quantitative estimate of drug-likeness (QED) is 0.461. The Hall–Kier alpha value is -1.04. The number of benzene rings is 1. The van der Waals surface area contributed by atoms with Crippen LogP contribution in [0.1, 0.15) is 69.9 Å². The molecular formula is C19H29. The first-order valence-electron chi connectivity index (χ1n) is 7.87. The van der Waals surface area contributed by atoms with Crippen LogP contribution in [0.2, 0.25) is 0 Å². The fourth-order valence-electron chi connectivity index (χ4n) is 2.36. The van der Waals surface area contributed by atoms with Gasteiger partial charge in [-0.15, -0.1) is 0 Å². The zero-order chi connectivity index (χ0) is 13.9. The molecule has 1 aromatic carbocycles. The lowest BCUT2D eigenvalue weighted by Gasteiger charge is -2.06. The highest BCUT2D eigenvalue weighted by Gasteiger charge is 1.97. The first-order valence-corrected chi connectivity index (χ1v) is 7.87. The summed E-state index contributed by atoms with van der Waals surface area (Å²) in [6.45, 7) is 8.39. The molecule has 1 rings (SSSR count). The zero-order valence-electron chi connectivity index (χ0n) is 12.8. The number of unbranched alkanes of at least 4 members (excludes halogenated alkanes) is 3. The smallest absolute Gasteiger partial charge is 0.0257 e. The van der Waals surface area contributed by atoms with Crippen LogP contribution in [0.4, 0.5) is 0 Å². The minimum atomic E-state index is 1.07. The monoisotopic (exact) mass is 257 g/mol. The van der Waals surface area contributed by atoms with Crippen molar-refractivity contribution in [3.05, 3.63) is 47.9 Å². The van der Waals surface area contributed by atoms with E-state index >= 15 is 0 Å². The molecule has 0 aliphatic carbocycles. The molecule has 0 fully saturated rings. The maximum Gasteiger partial charge on any atom is -0.0257 e. The number of rotatable bonds is 9. The van der Waals surface area contributed by atoms with Gasteiger partial charge in [-0.1, -0.05) is 82.4 Å². The third kappa shape index (κ3) is 6.61. The fourth-order valence-corrected chi connectivity index (χ4v) is 2.36. The van der Waals surface area contributed by atoms with Gasteiger partial charge in [-0.05, 0) is 36.8 Å². The van der Waals surface area contributed by atoms with Crippen LogP contribution in [-0.2, 0) is 6.42 Å². The third-order valence-electron chi connectivity index (χ3n) is 3.59.